The predicted octanol–water partition coefficient (Wildman–Crippen LogP) is 1.88. The SMILES string of the molecule is COC[C@H]1CCC[C@@]12CN(C(=O)c1ccnc(F)c1)CCO2. The van der Waals surface area contributed by atoms with Gasteiger partial charge in [0, 0.05) is 37.4 Å². The minimum absolute atomic E-state index is 0.160. The lowest BCUT2D eigenvalue weighted by Gasteiger charge is -2.44. The fraction of sp³-hybridized carbons (Fsp3) is 0.625. The Morgan fingerprint density at radius 2 is 2.50 bits per heavy atom. The molecule has 0 aromatic carbocycles. The van der Waals surface area contributed by atoms with E-state index in [0.29, 0.717) is 37.8 Å². The molecule has 0 radical (unpaired) electrons. The van der Waals surface area contributed by atoms with Crippen LogP contribution in [0, 0.1) is 11.9 Å². The van der Waals surface area contributed by atoms with E-state index >= 15 is 0 Å². The van der Waals surface area contributed by atoms with Crippen LogP contribution in [0.1, 0.15) is 29.6 Å². The Balaban J connectivity index is 1.76. The number of hydrogen-bond donors (Lipinski definition) is 0. The second kappa shape index (κ2) is 6.30. The van der Waals surface area contributed by atoms with Crippen molar-refractivity contribution < 1.29 is 18.7 Å². The first-order valence-corrected chi connectivity index (χ1v) is 7.68. The lowest BCUT2D eigenvalue weighted by molar-refractivity contribution is -0.130. The molecule has 5 nitrogen and oxygen atoms in total. The molecule has 1 saturated heterocycles. The summed E-state index contributed by atoms with van der Waals surface area (Å²) in [6.45, 7) is 2.24. The second-order valence-corrected chi connectivity index (χ2v) is 6.05. The number of rotatable bonds is 3. The molecule has 2 heterocycles. The van der Waals surface area contributed by atoms with Gasteiger partial charge in [0.15, 0.2) is 0 Å². The Bertz CT molecular complexity index is 554. The number of aromatic nitrogens is 1. The zero-order chi connectivity index (χ0) is 15.6. The van der Waals surface area contributed by atoms with Gasteiger partial charge >= 0.3 is 0 Å². The van der Waals surface area contributed by atoms with Crippen molar-refractivity contribution in [1.29, 1.82) is 0 Å². The van der Waals surface area contributed by atoms with Gasteiger partial charge in [-0.2, -0.15) is 4.39 Å². The van der Waals surface area contributed by atoms with Crippen molar-refractivity contribution in [3.8, 4) is 0 Å². The molecule has 1 aliphatic heterocycles. The lowest BCUT2D eigenvalue weighted by atomic mass is 9.89. The average Bonchev–Trinajstić information content (AvgIpc) is 2.89. The van der Waals surface area contributed by atoms with Crippen molar-refractivity contribution >= 4 is 5.91 Å². The van der Waals surface area contributed by atoms with Crippen molar-refractivity contribution in [2.24, 2.45) is 5.92 Å². The van der Waals surface area contributed by atoms with Crippen LogP contribution in [0.2, 0.25) is 0 Å². The van der Waals surface area contributed by atoms with Gasteiger partial charge in [0.05, 0.1) is 25.4 Å². The van der Waals surface area contributed by atoms with Crippen LogP contribution in [0.15, 0.2) is 18.3 Å². The molecule has 1 aromatic rings. The normalized spacial score (nSPS) is 28.3. The van der Waals surface area contributed by atoms with Crippen LogP contribution in [-0.2, 0) is 9.47 Å². The monoisotopic (exact) mass is 308 g/mol. The highest BCUT2D eigenvalue weighted by molar-refractivity contribution is 5.94. The first-order valence-electron chi connectivity index (χ1n) is 7.68. The first kappa shape index (κ1) is 15.4. The van der Waals surface area contributed by atoms with E-state index in [9.17, 15) is 9.18 Å². The van der Waals surface area contributed by atoms with Gasteiger partial charge in [-0.15, -0.1) is 0 Å². The maximum atomic E-state index is 13.2. The Morgan fingerprint density at radius 3 is 3.27 bits per heavy atom. The van der Waals surface area contributed by atoms with Gasteiger partial charge in [0.25, 0.3) is 5.91 Å². The largest absolute Gasteiger partial charge is 0.384 e. The molecule has 1 amide bonds. The number of morpholine rings is 1. The summed E-state index contributed by atoms with van der Waals surface area (Å²) in [6, 6.07) is 2.74. The lowest BCUT2D eigenvalue weighted by Crippen LogP contribution is -2.56. The van der Waals surface area contributed by atoms with Crippen molar-refractivity contribution in [2.45, 2.75) is 24.9 Å². The molecule has 1 aliphatic carbocycles. The van der Waals surface area contributed by atoms with Gasteiger partial charge in [-0.25, -0.2) is 4.98 Å². The first-order chi connectivity index (χ1) is 10.6. The van der Waals surface area contributed by atoms with E-state index in [1.807, 2.05) is 0 Å². The van der Waals surface area contributed by atoms with E-state index in [4.69, 9.17) is 9.47 Å². The summed E-state index contributed by atoms with van der Waals surface area (Å²) in [7, 11) is 1.69. The third-order valence-corrected chi connectivity index (χ3v) is 4.73. The Kier molecular flexibility index (Phi) is 4.40. The highest BCUT2D eigenvalue weighted by Gasteiger charge is 2.47. The van der Waals surface area contributed by atoms with E-state index in [2.05, 4.69) is 4.98 Å². The molecule has 22 heavy (non-hydrogen) atoms. The molecule has 2 aliphatic rings. The standard InChI is InChI=1S/C16H21FN2O3/c1-21-10-13-3-2-5-16(13)11-19(7-8-22-16)15(20)12-4-6-18-14(17)9-12/h4,6,9,13H,2-3,5,7-8,10-11H2,1H3/t13-,16-/m1/s1. The maximum absolute atomic E-state index is 13.2. The molecule has 2 atom stereocenters. The molecule has 1 spiro atoms. The number of halogens is 1. The maximum Gasteiger partial charge on any atom is 0.254 e. The van der Waals surface area contributed by atoms with Crippen LogP contribution < -0.4 is 0 Å². The quantitative estimate of drug-likeness (QED) is 0.800. The average molecular weight is 308 g/mol. The molecule has 1 aromatic heterocycles. The van der Waals surface area contributed by atoms with Crippen molar-refractivity contribution in [2.75, 3.05) is 33.4 Å². The van der Waals surface area contributed by atoms with Crippen LogP contribution >= 0.6 is 0 Å². The molecular formula is C16H21FN2O3. The Hall–Kier alpha value is -1.53. The van der Waals surface area contributed by atoms with E-state index in [0.717, 1.165) is 19.3 Å². The smallest absolute Gasteiger partial charge is 0.254 e. The summed E-state index contributed by atoms with van der Waals surface area (Å²) in [6.07, 6.45) is 4.40. The third-order valence-electron chi connectivity index (χ3n) is 4.73. The molecule has 120 valence electrons. The summed E-state index contributed by atoms with van der Waals surface area (Å²) in [4.78, 5) is 17.9. The highest BCUT2D eigenvalue weighted by Crippen LogP contribution is 2.41. The highest BCUT2D eigenvalue weighted by atomic mass is 19.1. The van der Waals surface area contributed by atoms with Gasteiger partial charge < -0.3 is 14.4 Å². The fourth-order valence-electron chi connectivity index (χ4n) is 3.65. The van der Waals surface area contributed by atoms with Gasteiger partial charge in [0.1, 0.15) is 0 Å². The minimum atomic E-state index is -0.632. The molecule has 2 fully saturated rings. The molecule has 0 bridgehead atoms. The minimum Gasteiger partial charge on any atom is -0.384 e. The molecule has 3 rings (SSSR count). The molecule has 0 N–H and O–H groups in total. The van der Waals surface area contributed by atoms with Gasteiger partial charge in [-0.3, -0.25) is 4.79 Å². The summed E-state index contributed by atoms with van der Waals surface area (Å²) >= 11 is 0. The van der Waals surface area contributed by atoms with Crippen molar-refractivity contribution in [3.63, 3.8) is 0 Å². The number of carbonyl (C=O) groups excluding carboxylic acids is 1. The zero-order valence-electron chi connectivity index (χ0n) is 12.8. The predicted molar refractivity (Wildman–Crippen MR) is 78.0 cm³/mol. The summed E-state index contributed by atoms with van der Waals surface area (Å²) in [5.41, 5.74) is 0.0287. The van der Waals surface area contributed by atoms with E-state index in [1.54, 1.807) is 18.1 Å². The summed E-state index contributed by atoms with van der Waals surface area (Å²) in [5.74, 6) is -0.485. The molecule has 0 unspecified atom stereocenters. The van der Waals surface area contributed by atoms with Gasteiger partial charge in [-0.05, 0) is 18.9 Å². The Labute approximate surface area is 129 Å². The second-order valence-electron chi connectivity index (χ2n) is 6.05. The van der Waals surface area contributed by atoms with Crippen molar-refractivity contribution in [1.82, 2.24) is 9.88 Å². The number of hydrogen-bond acceptors (Lipinski definition) is 4. The van der Waals surface area contributed by atoms with Crippen LogP contribution in [0.25, 0.3) is 0 Å². The van der Waals surface area contributed by atoms with Crippen LogP contribution in [-0.4, -0.2) is 54.8 Å². The number of ether oxygens (including phenoxy) is 2. The fourth-order valence-corrected chi connectivity index (χ4v) is 3.65. The zero-order valence-corrected chi connectivity index (χ0v) is 12.8. The Morgan fingerprint density at radius 1 is 1.64 bits per heavy atom. The number of methoxy groups -OCH3 is 1. The van der Waals surface area contributed by atoms with E-state index < -0.39 is 5.95 Å². The number of pyridine rings is 1. The van der Waals surface area contributed by atoms with Crippen molar-refractivity contribution in [3.05, 3.63) is 29.8 Å². The number of nitrogens with zero attached hydrogens (tertiary/aromatic N) is 2. The molecular weight excluding hydrogens is 287 g/mol. The third kappa shape index (κ3) is 2.85. The van der Waals surface area contributed by atoms with Crippen LogP contribution in [0.5, 0.6) is 0 Å². The van der Waals surface area contributed by atoms with E-state index in [-0.39, 0.29) is 11.5 Å². The number of amides is 1. The summed E-state index contributed by atoms with van der Waals surface area (Å²) < 4.78 is 24.6. The van der Waals surface area contributed by atoms with Gasteiger partial charge in [-0.1, -0.05) is 6.42 Å². The van der Waals surface area contributed by atoms with Crippen LogP contribution in [0.3, 0.4) is 0 Å². The van der Waals surface area contributed by atoms with E-state index in [1.165, 1.54) is 12.3 Å². The van der Waals surface area contributed by atoms with Crippen LogP contribution in [0.4, 0.5) is 4.39 Å². The topological polar surface area (TPSA) is 51.7 Å². The number of carbonyl (C=O) groups is 1. The van der Waals surface area contributed by atoms with Gasteiger partial charge in [0.2, 0.25) is 5.95 Å². The summed E-state index contributed by atoms with van der Waals surface area (Å²) in [5, 5.41) is 0. The molecule has 1 saturated carbocycles. The molecule has 6 heteroatoms.